The zero-order valence-corrected chi connectivity index (χ0v) is 11.5. The molecule has 2 atom stereocenters. The average Bonchev–Trinajstić information content (AvgIpc) is 2.60. The Hall–Kier alpha value is -1.60. The zero-order valence-electron chi connectivity index (χ0n) is 11.5. The molecule has 0 fully saturated rings. The monoisotopic (exact) mass is 251 g/mol. The third kappa shape index (κ3) is 2.87. The maximum Gasteiger partial charge on any atom is 0.00794 e. The molecule has 1 nitrogen and oxygen atoms in total. The summed E-state index contributed by atoms with van der Waals surface area (Å²) in [6.45, 7) is 3.36. The van der Waals surface area contributed by atoms with Gasteiger partial charge in [0, 0.05) is 18.5 Å². The minimum Gasteiger partial charge on any atom is -0.313 e. The molecular weight excluding hydrogens is 230 g/mol. The Labute approximate surface area is 115 Å². The number of hydrogen-bond acceptors (Lipinski definition) is 1. The van der Waals surface area contributed by atoms with E-state index in [-0.39, 0.29) is 0 Å². The summed E-state index contributed by atoms with van der Waals surface area (Å²) in [5.41, 5.74) is 4.47. The van der Waals surface area contributed by atoms with Gasteiger partial charge >= 0.3 is 0 Å². The van der Waals surface area contributed by atoms with E-state index in [9.17, 15) is 0 Å². The number of fused-ring (bicyclic) bond motifs is 1. The van der Waals surface area contributed by atoms with Crippen LogP contribution in [0.15, 0.2) is 54.6 Å². The topological polar surface area (TPSA) is 12.0 Å². The van der Waals surface area contributed by atoms with E-state index in [0.717, 1.165) is 19.4 Å². The lowest BCUT2D eigenvalue weighted by molar-refractivity contribution is 0.525. The van der Waals surface area contributed by atoms with E-state index in [1.165, 1.54) is 16.7 Å². The molecule has 19 heavy (non-hydrogen) atoms. The summed E-state index contributed by atoms with van der Waals surface area (Å²) >= 11 is 0. The molecule has 1 N–H and O–H groups in total. The zero-order chi connectivity index (χ0) is 13.1. The standard InChI is InChI=1S/C18H21N/c1-14-11-16-9-5-6-10-18(16)17(13-19-14)12-15-7-3-2-4-8-15/h2-10,14,17,19H,11-13H2,1H3/t14-,17+/m0/s1. The van der Waals surface area contributed by atoms with Crippen LogP contribution >= 0.6 is 0 Å². The molecule has 0 bridgehead atoms. The Balaban J connectivity index is 1.89. The normalized spacial score (nSPS) is 22.6. The molecule has 1 aliphatic rings. The average molecular weight is 251 g/mol. The van der Waals surface area contributed by atoms with Gasteiger partial charge in [0.2, 0.25) is 0 Å². The highest BCUT2D eigenvalue weighted by atomic mass is 14.9. The second kappa shape index (κ2) is 5.58. The number of hydrogen-bond donors (Lipinski definition) is 1. The molecule has 0 unspecified atom stereocenters. The van der Waals surface area contributed by atoms with Crippen LogP contribution in [-0.4, -0.2) is 12.6 Å². The van der Waals surface area contributed by atoms with Gasteiger partial charge in [-0.15, -0.1) is 0 Å². The minimum atomic E-state index is 0.571. The molecule has 0 aliphatic carbocycles. The number of benzene rings is 2. The molecule has 98 valence electrons. The third-order valence-electron chi connectivity index (χ3n) is 4.06. The molecule has 0 saturated carbocycles. The van der Waals surface area contributed by atoms with Gasteiger partial charge in [0.1, 0.15) is 0 Å². The first-order valence-electron chi connectivity index (χ1n) is 7.18. The maximum absolute atomic E-state index is 3.66. The van der Waals surface area contributed by atoms with Crippen molar-refractivity contribution >= 4 is 0 Å². The van der Waals surface area contributed by atoms with Crippen molar-refractivity contribution in [2.24, 2.45) is 0 Å². The van der Waals surface area contributed by atoms with Crippen LogP contribution in [0.4, 0.5) is 0 Å². The van der Waals surface area contributed by atoms with E-state index in [2.05, 4.69) is 66.8 Å². The van der Waals surface area contributed by atoms with E-state index < -0.39 is 0 Å². The first kappa shape index (κ1) is 12.4. The summed E-state index contributed by atoms with van der Waals surface area (Å²) in [5, 5.41) is 3.66. The molecule has 2 aromatic carbocycles. The van der Waals surface area contributed by atoms with Crippen LogP contribution < -0.4 is 5.32 Å². The van der Waals surface area contributed by atoms with E-state index in [4.69, 9.17) is 0 Å². The van der Waals surface area contributed by atoms with Crippen molar-refractivity contribution in [3.05, 3.63) is 71.3 Å². The summed E-state index contributed by atoms with van der Waals surface area (Å²) in [6.07, 6.45) is 2.26. The Bertz CT molecular complexity index is 532. The van der Waals surface area contributed by atoms with E-state index in [1.54, 1.807) is 0 Å². The van der Waals surface area contributed by atoms with Gasteiger partial charge < -0.3 is 5.32 Å². The highest BCUT2D eigenvalue weighted by Crippen LogP contribution is 2.27. The Morgan fingerprint density at radius 1 is 1.00 bits per heavy atom. The quantitative estimate of drug-likeness (QED) is 0.860. The highest BCUT2D eigenvalue weighted by Gasteiger charge is 2.21. The number of rotatable bonds is 2. The van der Waals surface area contributed by atoms with Gasteiger partial charge in [0.05, 0.1) is 0 Å². The summed E-state index contributed by atoms with van der Waals surface area (Å²) in [6, 6.07) is 20.3. The largest absolute Gasteiger partial charge is 0.313 e. The van der Waals surface area contributed by atoms with Crippen LogP contribution in [0.3, 0.4) is 0 Å². The van der Waals surface area contributed by atoms with Crippen LogP contribution in [0.2, 0.25) is 0 Å². The maximum atomic E-state index is 3.66. The fraction of sp³-hybridized carbons (Fsp3) is 0.333. The predicted octanol–water partition coefficient (Wildman–Crippen LogP) is 3.55. The summed E-state index contributed by atoms with van der Waals surface area (Å²) in [7, 11) is 0. The summed E-state index contributed by atoms with van der Waals surface area (Å²) in [5.74, 6) is 0.587. The van der Waals surface area contributed by atoms with Crippen LogP contribution in [0.25, 0.3) is 0 Å². The molecule has 0 saturated heterocycles. The van der Waals surface area contributed by atoms with Gasteiger partial charge in [-0.3, -0.25) is 0 Å². The van der Waals surface area contributed by atoms with E-state index >= 15 is 0 Å². The van der Waals surface area contributed by atoms with Crippen molar-refractivity contribution in [3.8, 4) is 0 Å². The molecular formula is C18H21N. The lowest BCUT2D eigenvalue weighted by Crippen LogP contribution is -2.29. The van der Waals surface area contributed by atoms with Crippen LogP contribution in [0.1, 0.15) is 29.5 Å². The molecule has 1 aliphatic heterocycles. The van der Waals surface area contributed by atoms with Gasteiger partial charge in [-0.1, -0.05) is 54.6 Å². The van der Waals surface area contributed by atoms with Crippen LogP contribution in [-0.2, 0) is 12.8 Å². The first-order valence-corrected chi connectivity index (χ1v) is 7.18. The summed E-state index contributed by atoms with van der Waals surface area (Å²) < 4.78 is 0. The molecule has 2 aromatic rings. The predicted molar refractivity (Wildman–Crippen MR) is 80.5 cm³/mol. The fourth-order valence-electron chi connectivity index (χ4n) is 3.05. The lowest BCUT2D eigenvalue weighted by Gasteiger charge is -2.17. The molecule has 0 spiro atoms. The van der Waals surface area contributed by atoms with Gasteiger partial charge in [-0.2, -0.15) is 0 Å². The molecule has 3 rings (SSSR count). The SMILES string of the molecule is C[C@H]1Cc2ccccc2[C@H](Cc2ccccc2)CN1. The van der Waals surface area contributed by atoms with Crippen molar-refractivity contribution in [3.63, 3.8) is 0 Å². The Morgan fingerprint density at radius 2 is 1.74 bits per heavy atom. The Morgan fingerprint density at radius 3 is 2.58 bits per heavy atom. The fourth-order valence-corrected chi connectivity index (χ4v) is 3.05. The van der Waals surface area contributed by atoms with Crippen LogP contribution in [0.5, 0.6) is 0 Å². The van der Waals surface area contributed by atoms with Gasteiger partial charge in [-0.05, 0) is 36.5 Å². The smallest absolute Gasteiger partial charge is 0.00794 e. The van der Waals surface area contributed by atoms with Crippen molar-refractivity contribution in [1.82, 2.24) is 5.32 Å². The molecule has 0 amide bonds. The van der Waals surface area contributed by atoms with Crippen molar-refractivity contribution in [2.45, 2.75) is 31.7 Å². The second-order valence-corrected chi connectivity index (χ2v) is 5.60. The van der Waals surface area contributed by atoms with E-state index in [0.29, 0.717) is 12.0 Å². The van der Waals surface area contributed by atoms with Crippen molar-refractivity contribution in [1.29, 1.82) is 0 Å². The Kier molecular flexibility index (Phi) is 3.65. The molecule has 0 aromatic heterocycles. The molecule has 1 heterocycles. The minimum absolute atomic E-state index is 0.571. The van der Waals surface area contributed by atoms with Gasteiger partial charge in [0.15, 0.2) is 0 Å². The van der Waals surface area contributed by atoms with Gasteiger partial charge in [0.25, 0.3) is 0 Å². The molecule has 0 radical (unpaired) electrons. The summed E-state index contributed by atoms with van der Waals surface area (Å²) in [4.78, 5) is 0. The lowest BCUT2D eigenvalue weighted by atomic mass is 9.88. The molecule has 1 heteroatoms. The van der Waals surface area contributed by atoms with Crippen LogP contribution in [0, 0.1) is 0 Å². The third-order valence-corrected chi connectivity index (χ3v) is 4.06. The second-order valence-electron chi connectivity index (χ2n) is 5.60. The van der Waals surface area contributed by atoms with E-state index in [1.807, 2.05) is 0 Å². The highest BCUT2D eigenvalue weighted by molar-refractivity contribution is 5.34. The first-order chi connectivity index (χ1) is 9.33. The van der Waals surface area contributed by atoms with Gasteiger partial charge in [-0.25, -0.2) is 0 Å². The van der Waals surface area contributed by atoms with Crippen molar-refractivity contribution < 1.29 is 0 Å². The number of nitrogens with one attached hydrogen (secondary N) is 1. The van der Waals surface area contributed by atoms with Crippen molar-refractivity contribution in [2.75, 3.05) is 6.54 Å².